The van der Waals surface area contributed by atoms with E-state index in [1.54, 1.807) is 0 Å². The molecule has 2 aromatic rings. The fourth-order valence-electron chi connectivity index (χ4n) is 3.78. The van der Waals surface area contributed by atoms with Crippen molar-refractivity contribution in [3.8, 4) is 11.5 Å². The third-order valence-electron chi connectivity index (χ3n) is 5.47. The van der Waals surface area contributed by atoms with Gasteiger partial charge in [-0.2, -0.15) is 0 Å². The van der Waals surface area contributed by atoms with E-state index < -0.39 is 0 Å². The maximum atomic E-state index is 5.83. The fourth-order valence-corrected chi connectivity index (χ4v) is 4.07. The van der Waals surface area contributed by atoms with Crippen molar-refractivity contribution in [2.75, 3.05) is 26.9 Å². The SMILES string of the molecule is CN1CCC(N(Cc2ccc3c(c2)OCO3)C(=S)NCc2ccccc2)CC1. The third-order valence-corrected chi connectivity index (χ3v) is 5.85. The molecule has 0 aromatic heterocycles. The lowest BCUT2D eigenvalue weighted by Gasteiger charge is -2.39. The van der Waals surface area contributed by atoms with Gasteiger partial charge in [0.15, 0.2) is 16.6 Å². The third kappa shape index (κ3) is 4.56. The molecule has 148 valence electrons. The molecular weight excluding hydrogens is 370 g/mol. The van der Waals surface area contributed by atoms with Gasteiger partial charge in [0.05, 0.1) is 0 Å². The van der Waals surface area contributed by atoms with Gasteiger partial charge in [-0.25, -0.2) is 0 Å². The van der Waals surface area contributed by atoms with Crippen LogP contribution >= 0.6 is 12.2 Å². The van der Waals surface area contributed by atoms with Gasteiger partial charge in [-0.15, -0.1) is 0 Å². The van der Waals surface area contributed by atoms with Crippen molar-refractivity contribution in [1.82, 2.24) is 15.1 Å². The van der Waals surface area contributed by atoms with Gasteiger partial charge < -0.3 is 24.6 Å². The highest BCUT2D eigenvalue weighted by molar-refractivity contribution is 7.80. The summed E-state index contributed by atoms with van der Waals surface area (Å²) in [6, 6.07) is 17.0. The molecule has 5 nitrogen and oxygen atoms in total. The van der Waals surface area contributed by atoms with Gasteiger partial charge in [-0.3, -0.25) is 0 Å². The van der Waals surface area contributed by atoms with E-state index in [1.807, 2.05) is 12.1 Å². The molecule has 0 aliphatic carbocycles. The zero-order valence-electron chi connectivity index (χ0n) is 16.3. The van der Waals surface area contributed by atoms with E-state index in [0.717, 1.165) is 55.6 Å². The summed E-state index contributed by atoms with van der Waals surface area (Å²) < 4.78 is 11.0. The van der Waals surface area contributed by atoms with Crippen molar-refractivity contribution in [3.63, 3.8) is 0 Å². The van der Waals surface area contributed by atoms with Crippen LogP contribution in [0.4, 0.5) is 0 Å². The molecule has 0 spiro atoms. The number of ether oxygens (including phenoxy) is 2. The predicted molar refractivity (Wildman–Crippen MR) is 115 cm³/mol. The molecule has 2 heterocycles. The smallest absolute Gasteiger partial charge is 0.231 e. The van der Waals surface area contributed by atoms with E-state index in [4.69, 9.17) is 21.7 Å². The van der Waals surface area contributed by atoms with Gasteiger partial charge in [0.25, 0.3) is 0 Å². The molecule has 0 bridgehead atoms. The molecule has 2 aliphatic heterocycles. The molecule has 0 saturated carbocycles. The van der Waals surface area contributed by atoms with E-state index in [-0.39, 0.29) is 0 Å². The molecule has 0 unspecified atom stereocenters. The first-order valence-electron chi connectivity index (χ1n) is 9.84. The molecular formula is C22H27N3O2S. The number of hydrogen-bond acceptors (Lipinski definition) is 4. The Hall–Kier alpha value is -2.31. The van der Waals surface area contributed by atoms with Crippen LogP contribution in [0.5, 0.6) is 11.5 Å². The van der Waals surface area contributed by atoms with Crippen molar-refractivity contribution in [2.45, 2.75) is 32.0 Å². The number of nitrogens with zero attached hydrogens (tertiary/aromatic N) is 2. The summed E-state index contributed by atoms with van der Waals surface area (Å²) in [4.78, 5) is 4.73. The van der Waals surface area contributed by atoms with Gasteiger partial charge in [-0.05, 0) is 68.5 Å². The summed E-state index contributed by atoms with van der Waals surface area (Å²) in [5.41, 5.74) is 2.42. The second-order valence-electron chi connectivity index (χ2n) is 7.49. The van der Waals surface area contributed by atoms with E-state index in [2.05, 4.69) is 58.6 Å². The minimum Gasteiger partial charge on any atom is -0.454 e. The standard InChI is InChI=1S/C22H27N3O2S/c1-24-11-9-19(10-12-24)25(22(28)23-14-17-5-3-2-4-6-17)15-18-7-8-20-21(13-18)27-16-26-20/h2-8,13,19H,9-12,14-16H2,1H3,(H,23,28). The van der Waals surface area contributed by atoms with Crippen molar-refractivity contribution >= 4 is 17.3 Å². The van der Waals surface area contributed by atoms with E-state index in [0.29, 0.717) is 12.8 Å². The molecule has 1 fully saturated rings. The van der Waals surface area contributed by atoms with Crippen LogP contribution in [0.3, 0.4) is 0 Å². The molecule has 1 saturated heterocycles. The molecule has 28 heavy (non-hydrogen) atoms. The summed E-state index contributed by atoms with van der Waals surface area (Å²) in [6.45, 7) is 4.01. The maximum absolute atomic E-state index is 5.83. The Balaban J connectivity index is 1.47. The van der Waals surface area contributed by atoms with Crippen molar-refractivity contribution in [1.29, 1.82) is 0 Å². The Kier molecular flexibility index (Phi) is 5.98. The summed E-state index contributed by atoms with van der Waals surface area (Å²) in [6.07, 6.45) is 2.24. The minimum atomic E-state index is 0.300. The highest BCUT2D eigenvalue weighted by Crippen LogP contribution is 2.33. The van der Waals surface area contributed by atoms with E-state index >= 15 is 0 Å². The predicted octanol–water partition coefficient (Wildman–Crippen LogP) is 3.39. The Labute approximate surface area is 172 Å². The van der Waals surface area contributed by atoms with Crippen molar-refractivity contribution < 1.29 is 9.47 Å². The molecule has 0 amide bonds. The first-order chi connectivity index (χ1) is 13.7. The monoisotopic (exact) mass is 397 g/mol. The lowest BCUT2D eigenvalue weighted by atomic mass is 10.0. The highest BCUT2D eigenvalue weighted by Gasteiger charge is 2.26. The zero-order valence-corrected chi connectivity index (χ0v) is 17.1. The number of likely N-dealkylation sites (tertiary alicyclic amines) is 1. The van der Waals surface area contributed by atoms with Gasteiger partial charge in [0.1, 0.15) is 0 Å². The molecule has 0 atom stereocenters. The van der Waals surface area contributed by atoms with Crippen LogP contribution in [-0.4, -0.2) is 47.9 Å². The molecule has 2 aliphatic rings. The Morgan fingerprint density at radius 3 is 2.61 bits per heavy atom. The van der Waals surface area contributed by atoms with Crippen molar-refractivity contribution in [3.05, 3.63) is 59.7 Å². The summed E-state index contributed by atoms with van der Waals surface area (Å²) in [5, 5.41) is 4.28. The van der Waals surface area contributed by atoms with Crippen LogP contribution in [0.25, 0.3) is 0 Å². The van der Waals surface area contributed by atoms with Crippen LogP contribution < -0.4 is 14.8 Å². The fraction of sp³-hybridized carbons (Fsp3) is 0.409. The average Bonchev–Trinajstić information content (AvgIpc) is 3.20. The number of hydrogen-bond donors (Lipinski definition) is 1. The highest BCUT2D eigenvalue weighted by atomic mass is 32.1. The van der Waals surface area contributed by atoms with Crippen LogP contribution in [0, 0.1) is 0 Å². The lowest BCUT2D eigenvalue weighted by Crippen LogP contribution is -2.49. The average molecular weight is 398 g/mol. The molecule has 2 aromatic carbocycles. The molecule has 1 N–H and O–H groups in total. The Morgan fingerprint density at radius 1 is 1.07 bits per heavy atom. The molecule has 6 heteroatoms. The number of thiocarbonyl (C=S) groups is 1. The first-order valence-corrected chi connectivity index (χ1v) is 10.3. The first kappa shape index (κ1) is 19.0. The van der Waals surface area contributed by atoms with E-state index in [1.165, 1.54) is 11.1 Å². The normalized spacial score (nSPS) is 16.8. The van der Waals surface area contributed by atoms with Crippen LogP contribution in [-0.2, 0) is 13.1 Å². The summed E-state index contributed by atoms with van der Waals surface area (Å²) in [7, 11) is 2.18. The minimum absolute atomic E-state index is 0.300. The van der Waals surface area contributed by atoms with Crippen molar-refractivity contribution in [2.24, 2.45) is 0 Å². The van der Waals surface area contributed by atoms with Gasteiger partial charge >= 0.3 is 0 Å². The Bertz CT molecular complexity index is 807. The molecule has 0 radical (unpaired) electrons. The lowest BCUT2D eigenvalue weighted by molar-refractivity contribution is 0.170. The maximum Gasteiger partial charge on any atom is 0.231 e. The number of fused-ring (bicyclic) bond motifs is 1. The topological polar surface area (TPSA) is 37.0 Å². The van der Waals surface area contributed by atoms with Gasteiger partial charge in [-0.1, -0.05) is 36.4 Å². The second-order valence-corrected chi connectivity index (χ2v) is 7.88. The van der Waals surface area contributed by atoms with Gasteiger partial charge in [0.2, 0.25) is 6.79 Å². The number of rotatable bonds is 5. The molecule has 4 rings (SSSR count). The zero-order chi connectivity index (χ0) is 19.3. The number of benzene rings is 2. The summed E-state index contributed by atoms with van der Waals surface area (Å²) >= 11 is 5.83. The number of piperidine rings is 1. The van der Waals surface area contributed by atoms with Crippen LogP contribution in [0.15, 0.2) is 48.5 Å². The Morgan fingerprint density at radius 2 is 1.82 bits per heavy atom. The van der Waals surface area contributed by atoms with Crippen LogP contribution in [0.2, 0.25) is 0 Å². The van der Waals surface area contributed by atoms with E-state index in [9.17, 15) is 0 Å². The largest absolute Gasteiger partial charge is 0.454 e. The second kappa shape index (κ2) is 8.80. The number of nitrogens with one attached hydrogen (secondary N) is 1. The quantitative estimate of drug-likeness (QED) is 0.780. The van der Waals surface area contributed by atoms with Crippen LogP contribution in [0.1, 0.15) is 24.0 Å². The van der Waals surface area contributed by atoms with Gasteiger partial charge in [0, 0.05) is 19.1 Å². The summed E-state index contributed by atoms with van der Waals surface area (Å²) in [5.74, 6) is 1.64.